The van der Waals surface area contributed by atoms with Crippen LogP contribution in [-0.4, -0.2) is 35.7 Å². The van der Waals surface area contributed by atoms with E-state index in [-0.39, 0.29) is 29.9 Å². The highest BCUT2D eigenvalue weighted by Gasteiger charge is 2.32. The molecule has 0 aromatic heterocycles. The van der Waals surface area contributed by atoms with Crippen LogP contribution in [0.15, 0.2) is 109 Å². The lowest BCUT2D eigenvalue weighted by molar-refractivity contribution is 0.0221. The minimum atomic E-state index is -0.372. The Labute approximate surface area is 215 Å². The monoisotopic (exact) mass is 494 g/mol. The van der Waals surface area contributed by atoms with E-state index in [2.05, 4.69) is 0 Å². The molecule has 0 N–H and O–H groups in total. The van der Waals surface area contributed by atoms with E-state index in [1.54, 1.807) is 36.0 Å². The maximum absolute atomic E-state index is 12.8. The highest BCUT2D eigenvalue weighted by molar-refractivity contribution is 8.00. The van der Waals surface area contributed by atoms with Gasteiger partial charge in [0.05, 0.1) is 16.4 Å². The lowest BCUT2D eigenvalue weighted by atomic mass is 10.0. The van der Waals surface area contributed by atoms with Gasteiger partial charge >= 0.3 is 11.9 Å². The standard InChI is InChI=1S/C31H26O4S/c32-30(26-15-11-24(12-16-26)22-7-3-1-4-8-22)34-21-29-28(19-20-36-29)35-31(33)27-17-13-25(14-18-27)23-9-5-2-6-10-23/h1-18,28-29H,19-21H2/t28-,29+/m1/s1. The molecule has 0 unspecified atom stereocenters. The molecule has 0 spiro atoms. The lowest BCUT2D eigenvalue weighted by Gasteiger charge is -2.19. The van der Waals surface area contributed by atoms with Gasteiger partial charge in [-0.2, -0.15) is 11.8 Å². The smallest absolute Gasteiger partial charge is 0.338 e. The van der Waals surface area contributed by atoms with Crippen molar-refractivity contribution in [2.24, 2.45) is 0 Å². The van der Waals surface area contributed by atoms with Crippen LogP contribution in [0.4, 0.5) is 0 Å². The molecule has 0 amide bonds. The summed E-state index contributed by atoms with van der Waals surface area (Å²) < 4.78 is 11.4. The Morgan fingerprint density at radius 3 is 1.64 bits per heavy atom. The molecule has 5 rings (SSSR count). The number of rotatable bonds is 7. The molecule has 1 fully saturated rings. The van der Waals surface area contributed by atoms with Crippen molar-refractivity contribution >= 4 is 23.7 Å². The van der Waals surface area contributed by atoms with Crippen LogP contribution in [0.5, 0.6) is 0 Å². The van der Waals surface area contributed by atoms with Crippen LogP contribution in [0.1, 0.15) is 27.1 Å². The second kappa shape index (κ2) is 11.3. The summed E-state index contributed by atoms with van der Waals surface area (Å²) in [5.41, 5.74) is 5.30. The number of carbonyl (C=O) groups excluding carboxylic acids is 2. The first kappa shape index (κ1) is 23.9. The van der Waals surface area contributed by atoms with Gasteiger partial charge in [0.1, 0.15) is 12.7 Å². The van der Waals surface area contributed by atoms with Crippen molar-refractivity contribution in [1.82, 2.24) is 0 Å². The molecule has 1 aliphatic heterocycles. The van der Waals surface area contributed by atoms with E-state index < -0.39 is 0 Å². The van der Waals surface area contributed by atoms with E-state index in [0.29, 0.717) is 11.1 Å². The Hall–Kier alpha value is -3.83. The van der Waals surface area contributed by atoms with Gasteiger partial charge in [-0.15, -0.1) is 0 Å². The van der Waals surface area contributed by atoms with Crippen molar-refractivity contribution in [2.45, 2.75) is 17.8 Å². The Bertz CT molecular complexity index is 1300. The Balaban J connectivity index is 1.15. The second-order valence-corrected chi connectivity index (χ2v) is 9.97. The largest absolute Gasteiger partial charge is 0.461 e. The van der Waals surface area contributed by atoms with Crippen molar-refractivity contribution in [3.8, 4) is 22.3 Å². The second-order valence-electron chi connectivity index (χ2n) is 8.63. The van der Waals surface area contributed by atoms with Crippen molar-refractivity contribution in [1.29, 1.82) is 0 Å². The van der Waals surface area contributed by atoms with Crippen LogP contribution in [0.25, 0.3) is 22.3 Å². The molecule has 1 heterocycles. The maximum atomic E-state index is 12.8. The van der Waals surface area contributed by atoms with E-state index in [1.165, 1.54) is 0 Å². The molecular formula is C31H26O4S. The first-order valence-corrected chi connectivity index (χ1v) is 13.0. The summed E-state index contributed by atoms with van der Waals surface area (Å²) >= 11 is 1.67. The average Bonchev–Trinajstić information content (AvgIpc) is 3.39. The van der Waals surface area contributed by atoms with Gasteiger partial charge < -0.3 is 9.47 Å². The molecule has 5 heteroatoms. The lowest BCUT2D eigenvalue weighted by Crippen LogP contribution is -2.29. The van der Waals surface area contributed by atoms with Gasteiger partial charge in [0.2, 0.25) is 0 Å². The normalized spacial score (nSPS) is 16.9. The maximum Gasteiger partial charge on any atom is 0.338 e. The van der Waals surface area contributed by atoms with Crippen LogP contribution in [0.3, 0.4) is 0 Å². The Morgan fingerprint density at radius 2 is 1.11 bits per heavy atom. The number of thioether (sulfide) groups is 1. The van der Waals surface area contributed by atoms with E-state index >= 15 is 0 Å². The number of ether oxygens (including phenoxy) is 2. The highest BCUT2D eigenvalue weighted by atomic mass is 32.2. The number of benzene rings is 4. The van der Waals surface area contributed by atoms with Gasteiger partial charge in [0, 0.05) is 0 Å². The molecule has 0 saturated carbocycles. The zero-order valence-corrected chi connectivity index (χ0v) is 20.5. The third-order valence-electron chi connectivity index (χ3n) is 6.24. The van der Waals surface area contributed by atoms with E-state index in [4.69, 9.17) is 9.47 Å². The van der Waals surface area contributed by atoms with Gasteiger partial charge in [-0.05, 0) is 58.7 Å². The quantitative estimate of drug-likeness (QED) is 0.261. The molecule has 4 aromatic rings. The fraction of sp³-hybridized carbons (Fsp3) is 0.161. The fourth-order valence-corrected chi connectivity index (χ4v) is 5.47. The molecule has 0 bridgehead atoms. The zero-order chi connectivity index (χ0) is 24.7. The van der Waals surface area contributed by atoms with Crippen LogP contribution < -0.4 is 0 Å². The topological polar surface area (TPSA) is 52.6 Å². The van der Waals surface area contributed by atoms with Crippen molar-refractivity contribution in [3.63, 3.8) is 0 Å². The van der Waals surface area contributed by atoms with Gasteiger partial charge in [-0.25, -0.2) is 9.59 Å². The predicted octanol–water partition coefficient (Wildman–Crippen LogP) is 6.91. The van der Waals surface area contributed by atoms with Gasteiger partial charge in [-0.3, -0.25) is 0 Å². The van der Waals surface area contributed by atoms with E-state index in [1.807, 2.05) is 84.9 Å². The van der Waals surface area contributed by atoms with Crippen molar-refractivity contribution < 1.29 is 19.1 Å². The van der Waals surface area contributed by atoms with Gasteiger partial charge in [0.15, 0.2) is 0 Å². The summed E-state index contributed by atoms with van der Waals surface area (Å²) in [5.74, 6) is 0.137. The molecule has 4 aromatic carbocycles. The first-order chi connectivity index (χ1) is 17.7. The Morgan fingerprint density at radius 1 is 0.639 bits per heavy atom. The molecule has 0 radical (unpaired) electrons. The SMILES string of the molecule is O=C(OC[C@@H]1SCC[C@H]1OC(=O)c1ccc(-c2ccccc2)cc1)c1ccc(-c2ccccc2)cc1. The molecule has 2 atom stereocenters. The number of esters is 2. The van der Waals surface area contributed by atoms with E-state index in [0.717, 1.165) is 34.4 Å². The summed E-state index contributed by atoms with van der Waals surface area (Å²) in [6.07, 6.45) is 0.455. The van der Waals surface area contributed by atoms with Crippen LogP contribution in [-0.2, 0) is 9.47 Å². The van der Waals surface area contributed by atoms with Gasteiger partial charge in [0.25, 0.3) is 0 Å². The molecule has 36 heavy (non-hydrogen) atoms. The van der Waals surface area contributed by atoms with Crippen molar-refractivity contribution in [2.75, 3.05) is 12.4 Å². The molecule has 0 aliphatic carbocycles. The van der Waals surface area contributed by atoms with Crippen LogP contribution >= 0.6 is 11.8 Å². The summed E-state index contributed by atoms with van der Waals surface area (Å²) in [6, 6.07) is 34.9. The average molecular weight is 495 g/mol. The third-order valence-corrected chi connectivity index (χ3v) is 7.58. The molecular weight excluding hydrogens is 468 g/mol. The van der Waals surface area contributed by atoms with E-state index in [9.17, 15) is 9.59 Å². The van der Waals surface area contributed by atoms with Crippen molar-refractivity contribution in [3.05, 3.63) is 120 Å². The number of hydrogen-bond acceptors (Lipinski definition) is 5. The third kappa shape index (κ3) is 5.69. The van der Waals surface area contributed by atoms with Crippen LogP contribution in [0, 0.1) is 0 Å². The molecule has 180 valence electrons. The minimum absolute atomic E-state index is 0.0786. The highest BCUT2D eigenvalue weighted by Crippen LogP contribution is 2.31. The summed E-state index contributed by atoms with van der Waals surface area (Å²) in [4.78, 5) is 25.4. The Kier molecular flexibility index (Phi) is 7.48. The first-order valence-electron chi connectivity index (χ1n) is 12.0. The molecule has 1 aliphatic rings. The minimum Gasteiger partial charge on any atom is -0.461 e. The van der Waals surface area contributed by atoms with Crippen LogP contribution in [0.2, 0.25) is 0 Å². The zero-order valence-electron chi connectivity index (χ0n) is 19.7. The molecule has 1 saturated heterocycles. The predicted molar refractivity (Wildman–Crippen MR) is 144 cm³/mol. The fourth-order valence-electron chi connectivity index (χ4n) is 4.22. The summed E-state index contributed by atoms with van der Waals surface area (Å²) in [7, 11) is 0. The molecule has 4 nitrogen and oxygen atoms in total. The summed E-state index contributed by atoms with van der Waals surface area (Å²) in [5, 5.41) is -0.0786. The summed E-state index contributed by atoms with van der Waals surface area (Å²) in [6.45, 7) is 0.203. The number of carbonyl (C=O) groups is 2. The number of hydrogen-bond donors (Lipinski definition) is 0. The van der Waals surface area contributed by atoms with Gasteiger partial charge in [-0.1, -0.05) is 84.9 Å².